The molecule has 1 saturated heterocycles. The van der Waals surface area contributed by atoms with E-state index in [0.29, 0.717) is 0 Å². The van der Waals surface area contributed by atoms with Crippen LogP contribution in [0.4, 0.5) is 0 Å². The number of aromatic nitrogens is 2. The van der Waals surface area contributed by atoms with Gasteiger partial charge in [-0.1, -0.05) is 0 Å². The Balaban J connectivity index is 2.11. The van der Waals surface area contributed by atoms with Gasteiger partial charge in [0.25, 0.3) is 5.56 Å². The van der Waals surface area contributed by atoms with Crippen LogP contribution in [-0.2, 0) is 36.3 Å². The van der Waals surface area contributed by atoms with Crippen LogP contribution in [0.1, 0.15) is 18.2 Å². The highest BCUT2D eigenvalue weighted by Gasteiger charge is 2.43. The number of H-pyrrole nitrogens is 1. The van der Waals surface area contributed by atoms with Crippen molar-refractivity contribution in [3.8, 4) is 0 Å². The third-order valence-corrected chi connectivity index (χ3v) is 7.69. The number of phosphoric ester groups is 1. The lowest BCUT2D eigenvalue weighted by Gasteiger charge is -2.20. The standard InChI is InChI=1S/C11H19N2O14P3S/c1-6-3-13(11(15)12-10(6)14)9-2-7(23-5-31)8(25-9)4-24-29(19,20)27-30(21,22)26-28(16,17)18/h3,7-9,31H,2,4-5H2,1H3,(H,19,20)(H,21,22)(H,12,14,15)(H2,16,17,18)/t7-,8?,9?/m0/s1. The SMILES string of the molecule is Cc1cn(C2C[C@H](OCS)C(COP(=O)(O)OP(=O)(O)OP(=O)(O)O)O2)c(=O)[nH]c1=O. The molecule has 0 saturated carbocycles. The lowest BCUT2D eigenvalue weighted by molar-refractivity contribution is -0.0543. The molecule has 0 aromatic carbocycles. The zero-order valence-electron chi connectivity index (χ0n) is 15.5. The molecule has 1 aliphatic rings. The van der Waals surface area contributed by atoms with Crippen LogP contribution in [0.3, 0.4) is 0 Å². The van der Waals surface area contributed by atoms with Gasteiger partial charge >= 0.3 is 29.2 Å². The highest BCUT2D eigenvalue weighted by Crippen LogP contribution is 2.66. The first kappa shape index (κ1) is 26.6. The van der Waals surface area contributed by atoms with Crippen molar-refractivity contribution in [1.82, 2.24) is 9.55 Å². The van der Waals surface area contributed by atoms with Crippen molar-refractivity contribution < 1.29 is 55.9 Å². The largest absolute Gasteiger partial charge is 0.490 e. The van der Waals surface area contributed by atoms with Crippen LogP contribution in [-0.4, -0.2) is 53.9 Å². The molecule has 1 fully saturated rings. The summed E-state index contributed by atoms with van der Waals surface area (Å²) in [6, 6.07) is 0. The van der Waals surface area contributed by atoms with Crippen LogP contribution in [0, 0.1) is 6.92 Å². The third-order valence-electron chi connectivity index (χ3n) is 3.74. The molecule has 0 aliphatic carbocycles. The summed E-state index contributed by atoms with van der Waals surface area (Å²) in [5.41, 5.74) is -1.16. The molecule has 5 atom stereocenters. The number of rotatable bonds is 10. The summed E-state index contributed by atoms with van der Waals surface area (Å²) < 4.78 is 57.6. The van der Waals surface area contributed by atoms with E-state index in [4.69, 9.17) is 24.2 Å². The van der Waals surface area contributed by atoms with Gasteiger partial charge in [-0.25, -0.2) is 18.5 Å². The van der Waals surface area contributed by atoms with Crippen LogP contribution in [0.2, 0.25) is 0 Å². The van der Waals surface area contributed by atoms with Gasteiger partial charge < -0.3 is 29.0 Å². The third kappa shape index (κ3) is 8.02. The zero-order valence-corrected chi connectivity index (χ0v) is 19.1. The monoisotopic (exact) mass is 528 g/mol. The summed E-state index contributed by atoms with van der Waals surface area (Å²) in [5, 5.41) is 0. The fourth-order valence-electron chi connectivity index (χ4n) is 2.56. The van der Waals surface area contributed by atoms with E-state index in [1.165, 1.54) is 13.1 Å². The van der Waals surface area contributed by atoms with Gasteiger partial charge in [0.1, 0.15) is 12.3 Å². The molecule has 0 spiro atoms. The maximum Gasteiger partial charge on any atom is 0.490 e. The van der Waals surface area contributed by atoms with E-state index < -0.39 is 59.8 Å². The van der Waals surface area contributed by atoms with Crippen LogP contribution >= 0.6 is 36.1 Å². The van der Waals surface area contributed by atoms with Gasteiger partial charge in [-0.2, -0.15) is 21.3 Å². The number of nitrogens with one attached hydrogen (secondary N) is 1. The van der Waals surface area contributed by atoms with Gasteiger partial charge in [0.15, 0.2) is 0 Å². The Labute approximate surface area is 179 Å². The zero-order chi connectivity index (χ0) is 23.6. The number of thiol groups is 1. The molecule has 2 heterocycles. The maximum absolute atomic E-state index is 12.0. The molecule has 16 nitrogen and oxygen atoms in total. The van der Waals surface area contributed by atoms with Crippen molar-refractivity contribution in [2.75, 3.05) is 12.5 Å². The Morgan fingerprint density at radius 1 is 1.19 bits per heavy atom. The van der Waals surface area contributed by atoms with E-state index in [0.717, 1.165) is 4.57 Å². The molecule has 0 bridgehead atoms. The van der Waals surface area contributed by atoms with Crippen LogP contribution < -0.4 is 11.2 Å². The number of nitrogens with zero attached hydrogens (tertiary/aromatic N) is 1. The lowest BCUT2D eigenvalue weighted by Crippen LogP contribution is -2.33. The van der Waals surface area contributed by atoms with Crippen molar-refractivity contribution in [2.24, 2.45) is 0 Å². The summed E-state index contributed by atoms with van der Waals surface area (Å²) >= 11 is 3.90. The summed E-state index contributed by atoms with van der Waals surface area (Å²) in [4.78, 5) is 61.4. The molecule has 0 amide bonds. The number of hydrogen-bond acceptors (Lipinski definition) is 11. The van der Waals surface area contributed by atoms with Gasteiger partial charge in [-0.3, -0.25) is 18.9 Å². The van der Waals surface area contributed by atoms with Gasteiger partial charge in [0.05, 0.1) is 18.6 Å². The second-order valence-corrected chi connectivity index (χ2v) is 10.7. The fraction of sp³-hybridized carbons (Fsp3) is 0.636. The lowest BCUT2D eigenvalue weighted by atomic mass is 10.2. The van der Waals surface area contributed by atoms with E-state index in [9.17, 15) is 28.2 Å². The topological polar surface area (TPSA) is 233 Å². The molecular weight excluding hydrogens is 509 g/mol. The van der Waals surface area contributed by atoms with Gasteiger partial charge in [0, 0.05) is 18.2 Å². The first-order chi connectivity index (χ1) is 14.1. The maximum atomic E-state index is 12.0. The minimum Gasteiger partial charge on any atom is -0.365 e. The molecule has 20 heteroatoms. The number of aromatic amines is 1. The molecule has 4 unspecified atom stereocenters. The Bertz CT molecular complexity index is 1050. The first-order valence-corrected chi connectivity index (χ1v) is 13.3. The highest BCUT2D eigenvalue weighted by molar-refractivity contribution is 7.80. The second kappa shape index (κ2) is 10.1. The average Bonchev–Trinajstić information content (AvgIpc) is 2.96. The summed E-state index contributed by atoms with van der Waals surface area (Å²) in [5.74, 6) is -0.105. The van der Waals surface area contributed by atoms with Crippen LogP contribution in [0.15, 0.2) is 15.8 Å². The molecule has 2 rings (SSSR count). The Morgan fingerprint density at radius 3 is 2.42 bits per heavy atom. The smallest absolute Gasteiger partial charge is 0.365 e. The summed E-state index contributed by atoms with van der Waals surface area (Å²) in [7, 11) is -16.6. The Hall–Kier alpha value is -0.640. The van der Waals surface area contributed by atoms with Crippen molar-refractivity contribution in [3.05, 3.63) is 32.6 Å². The second-order valence-electron chi connectivity index (χ2n) is 6.06. The van der Waals surface area contributed by atoms with Crippen molar-refractivity contribution in [1.29, 1.82) is 0 Å². The van der Waals surface area contributed by atoms with E-state index in [-0.39, 0.29) is 17.9 Å². The number of hydrogen-bond donors (Lipinski definition) is 6. The van der Waals surface area contributed by atoms with E-state index >= 15 is 0 Å². The predicted molar refractivity (Wildman–Crippen MR) is 103 cm³/mol. The molecule has 1 aromatic heterocycles. The molecular formula is C11H19N2O14P3S. The van der Waals surface area contributed by atoms with E-state index in [2.05, 4.69) is 30.8 Å². The van der Waals surface area contributed by atoms with Crippen LogP contribution in [0.25, 0.3) is 0 Å². The quantitative estimate of drug-likeness (QED) is 0.131. The van der Waals surface area contributed by atoms with Gasteiger partial charge in [-0.15, -0.1) is 0 Å². The Morgan fingerprint density at radius 2 is 1.84 bits per heavy atom. The molecule has 178 valence electrons. The van der Waals surface area contributed by atoms with Crippen LogP contribution in [0.5, 0.6) is 0 Å². The average molecular weight is 528 g/mol. The van der Waals surface area contributed by atoms with E-state index in [1.807, 2.05) is 0 Å². The number of aryl methyl sites for hydroxylation is 1. The van der Waals surface area contributed by atoms with Crippen molar-refractivity contribution in [2.45, 2.75) is 31.8 Å². The molecule has 1 aliphatic heterocycles. The van der Waals surface area contributed by atoms with E-state index in [1.54, 1.807) is 0 Å². The number of ether oxygens (including phenoxy) is 2. The Kier molecular flexibility index (Phi) is 8.67. The van der Waals surface area contributed by atoms with Gasteiger partial charge in [-0.05, 0) is 6.92 Å². The minimum absolute atomic E-state index is 0.0381. The minimum atomic E-state index is -5.67. The molecule has 31 heavy (non-hydrogen) atoms. The number of phosphoric acid groups is 3. The van der Waals surface area contributed by atoms with Crippen molar-refractivity contribution >= 4 is 36.1 Å². The fourth-order valence-corrected chi connectivity index (χ4v) is 5.78. The molecule has 0 radical (unpaired) electrons. The molecule has 5 N–H and O–H groups in total. The summed E-state index contributed by atoms with van der Waals surface area (Å²) in [6.07, 6.45) is -1.62. The highest BCUT2D eigenvalue weighted by atomic mass is 32.1. The van der Waals surface area contributed by atoms with Gasteiger partial charge in [0.2, 0.25) is 0 Å². The normalized spacial score (nSPS) is 25.8. The first-order valence-electron chi connectivity index (χ1n) is 8.11. The molecule has 1 aromatic rings. The summed E-state index contributed by atoms with van der Waals surface area (Å²) in [6.45, 7) is 0.688. The van der Waals surface area contributed by atoms with Crippen molar-refractivity contribution in [3.63, 3.8) is 0 Å². The predicted octanol–water partition coefficient (Wildman–Crippen LogP) is -0.252.